The SMILES string of the molecule is CCc1nc(CSc2ccccc2C)nc2c1CNC2. The molecule has 1 aromatic carbocycles. The minimum atomic E-state index is 0.838. The van der Waals surface area contributed by atoms with Gasteiger partial charge in [-0.2, -0.15) is 0 Å². The van der Waals surface area contributed by atoms with E-state index < -0.39 is 0 Å². The molecule has 104 valence electrons. The lowest BCUT2D eigenvalue weighted by molar-refractivity contribution is 0.755. The van der Waals surface area contributed by atoms with Gasteiger partial charge < -0.3 is 5.32 Å². The highest BCUT2D eigenvalue weighted by atomic mass is 32.2. The average molecular weight is 285 g/mol. The lowest BCUT2D eigenvalue weighted by atomic mass is 10.1. The summed E-state index contributed by atoms with van der Waals surface area (Å²) in [5.74, 6) is 1.79. The molecule has 0 saturated carbocycles. The van der Waals surface area contributed by atoms with Crippen LogP contribution in [0.3, 0.4) is 0 Å². The summed E-state index contributed by atoms with van der Waals surface area (Å²) in [7, 11) is 0. The van der Waals surface area contributed by atoms with Crippen molar-refractivity contribution in [3.63, 3.8) is 0 Å². The Balaban J connectivity index is 1.80. The van der Waals surface area contributed by atoms with Crippen LogP contribution in [0.25, 0.3) is 0 Å². The molecule has 0 radical (unpaired) electrons. The van der Waals surface area contributed by atoms with Gasteiger partial charge in [0.1, 0.15) is 5.82 Å². The Hall–Kier alpha value is -1.39. The van der Waals surface area contributed by atoms with Gasteiger partial charge in [0.15, 0.2) is 0 Å². The van der Waals surface area contributed by atoms with Crippen LogP contribution in [0, 0.1) is 6.92 Å². The second-order valence-electron chi connectivity index (χ2n) is 5.02. The normalized spacial score (nSPS) is 13.5. The zero-order chi connectivity index (χ0) is 13.9. The maximum Gasteiger partial charge on any atom is 0.139 e. The minimum absolute atomic E-state index is 0.838. The van der Waals surface area contributed by atoms with E-state index in [0.29, 0.717) is 0 Å². The van der Waals surface area contributed by atoms with Crippen molar-refractivity contribution in [2.75, 3.05) is 0 Å². The first-order valence-electron chi connectivity index (χ1n) is 7.04. The molecule has 0 fully saturated rings. The molecular weight excluding hydrogens is 266 g/mol. The van der Waals surface area contributed by atoms with E-state index in [-0.39, 0.29) is 0 Å². The Morgan fingerprint density at radius 3 is 2.85 bits per heavy atom. The lowest BCUT2D eigenvalue weighted by Gasteiger charge is -2.09. The first-order chi connectivity index (χ1) is 9.78. The number of benzene rings is 1. The van der Waals surface area contributed by atoms with Crippen molar-refractivity contribution in [2.45, 2.75) is 44.0 Å². The van der Waals surface area contributed by atoms with Crippen LogP contribution >= 0.6 is 11.8 Å². The summed E-state index contributed by atoms with van der Waals surface area (Å²) in [6.07, 6.45) is 0.981. The highest BCUT2D eigenvalue weighted by Gasteiger charge is 2.17. The van der Waals surface area contributed by atoms with Gasteiger partial charge in [-0.15, -0.1) is 11.8 Å². The Morgan fingerprint density at radius 1 is 1.20 bits per heavy atom. The molecule has 1 N–H and O–H groups in total. The van der Waals surface area contributed by atoms with Crippen LogP contribution in [0.15, 0.2) is 29.2 Å². The van der Waals surface area contributed by atoms with E-state index in [9.17, 15) is 0 Å². The van der Waals surface area contributed by atoms with Gasteiger partial charge in [-0.05, 0) is 25.0 Å². The number of aryl methyl sites for hydroxylation is 2. The molecule has 0 saturated heterocycles. The molecule has 0 bridgehead atoms. The van der Waals surface area contributed by atoms with Crippen molar-refractivity contribution < 1.29 is 0 Å². The van der Waals surface area contributed by atoms with Crippen LogP contribution in [0.1, 0.15) is 35.3 Å². The fraction of sp³-hybridized carbons (Fsp3) is 0.375. The summed E-state index contributed by atoms with van der Waals surface area (Å²) in [4.78, 5) is 10.8. The number of thioether (sulfide) groups is 1. The third-order valence-corrected chi connectivity index (χ3v) is 4.78. The van der Waals surface area contributed by atoms with Gasteiger partial charge in [-0.3, -0.25) is 0 Å². The van der Waals surface area contributed by atoms with Gasteiger partial charge in [-0.25, -0.2) is 9.97 Å². The Kier molecular flexibility index (Phi) is 4.03. The number of fused-ring (bicyclic) bond motifs is 1. The highest BCUT2D eigenvalue weighted by Crippen LogP contribution is 2.26. The molecule has 0 unspecified atom stereocenters. The van der Waals surface area contributed by atoms with Crippen LogP contribution in [-0.4, -0.2) is 9.97 Å². The van der Waals surface area contributed by atoms with E-state index in [1.165, 1.54) is 27.4 Å². The number of hydrogen-bond donors (Lipinski definition) is 1. The van der Waals surface area contributed by atoms with Crippen molar-refractivity contribution in [1.29, 1.82) is 0 Å². The minimum Gasteiger partial charge on any atom is -0.307 e. The fourth-order valence-electron chi connectivity index (χ4n) is 2.51. The molecule has 0 aliphatic carbocycles. The first-order valence-corrected chi connectivity index (χ1v) is 8.03. The summed E-state index contributed by atoms with van der Waals surface area (Å²) in [5, 5.41) is 3.36. The topological polar surface area (TPSA) is 37.8 Å². The van der Waals surface area contributed by atoms with Crippen molar-refractivity contribution in [2.24, 2.45) is 0 Å². The van der Waals surface area contributed by atoms with E-state index in [2.05, 4.69) is 43.4 Å². The quantitative estimate of drug-likeness (QED) is 0.875. The summed E-state index contributed by atoms with van der Waals surface area (Å²) < 4.78 is 0. The molecule has 1 aromatic heterocycles. The smallest absolute Gasteiger partial charge is 0.139 e. The number of aromatic nitrogens is 2. The van der Waals surface area contributed by atoms with Gasteiger partial charge in [0.2, 0.25) is 0 Å². The standard InChI is InChI=1S/C16H19N3S/c1-3-13-12-8-17-9-14(12)19-16(18-13)10-20-15-7-5-4-6-11(15)2/h4-7,17H,3,8-10H2,1-2H3. The van der Waals surface area contributed by atoms with Gasteiger partial charge >= 0.3 is 0 Å². The average Bonchev–Trinajstić information content (AvgIpc) is 2.94. The van der Waals surface area contributed by atoms with Crippen molar-refractivity contribution in [3.05, 3.63) is 52.6 Å². The van der Waals surface area contributed by atoms with Gasteiger partial charge in [0.25, 0.3) is 0 Å². The number of nitrogens with zero attached hydrogens (tertiary/aromatic N) is 2. The highest BCUT2D eigenvalue weighted by molar-refractivity contribution is 7.98. The summed E-state index contributed by atoms with van der Waals surface area (Å²) >= 11 is 1.82. The second kappa shape index (κ2) is 5.94. The summed E-state index contributed by atoms with van der Waals surface area (Å²) in [6.45, 7) is 6.11. The molecule has 3 nitrogen and oxygen atoms in total. The van der Waals surface area contributed by atoms with Crippen molar-refractivity contribution in [3.8, 4) is 0 Å². The Labute approximate surface area is 124 Å². The summed E-state index contributed by atoms with van der Waals surface area (Å²) in [5.41, 5.74) is 5.03. The van der Waals surface area contributed by atoms with Gasteiger partial charge in [0, 0.05) is 29.2 Å². The molecule has 0 spiro atoms. The zero-order valence-corrected chi connectivity index (χ0v) is 12.8. The van der Waals surface area contributed by atoms with Crippen LogP contribution in [0.2, 0.25) is 0 Å². The largest absolute Gasteiger partial charge is 0.307 e. The number of nitrogens with one attached hydrogen (secondary N) is 1. The molecular formula is C16H19N3S. The summed E-state index contributed by atoms with van der Waals surface area (Å²) in [6, 6.07) is 8.47. The van der Waals surface area contributed by atoms with Gasteiger partial charge in [0.05, 0.1) is 11.4 Å². The number of hydrogen-bond acceptors (Lipinski definition) is 4. The molecule has 3 rings (SSSR count). The van der Waals surface area contributed by atoms with E-state index in [0.717, 1.165) is 31.1 Å². The number of rotatable bonds is 4. The maximum atomic E-state index is 4.74. The predicted molar refractivity (Wildman–Crippen MR) is 82.7 cm³/mol. The predicted octanol–water partition coefficient (Wildman–Crippen LogP) is 3.24. The molecule has 0 amide bonds. The Morgan fingerprint density at radius 2 is 2.05 bits per heavy atom. The van der Waals surface area contributed by atoms with Crippen LogP contribution in [0.4, 0.5) is 0 Å². The van der Waals surface area contributed by atoms with E-state index >= 15 is 0 Å². The zero-order valence-electron chi connectivity index (χ0n) is 11.9. The maximum absolute atomic E-state index is 4.74. The molecule has 2 aromatic rings. The van der Waals surface area contributed by atoms with Crippen molar-refractivity contribution >= 4 is 11.8 Å². The fourth-order valence-corrected chi connectivity index (χ4v) is 3.40. The van der Waals surface area contributed by atoms with Crippen molar-refractivity contribution in [1.82, 2.24) is 15.3 Å². The molecule has 2 heterocycles. The third-order valence-electron chi connectivity index (χ3n) is 3.60. The van der Waals surface area contributed by atoms with E-state index in [1.807, 2.05) is 11.8 Å². The van der Waals surface area contributed by atoms with E-state index in [1.54, 1.807) is 0 Å². The monoisotopic (exact) mass is 285 g/mol. The molecule has 1 aliphatic heterocycles. The molecule has 4 heteroatoms. The van der Waals surface area contributed by atoms with E-state index in [4.69, 9.17) is 9.97 Å². The van der Waals surface area contributed by atoms with Crippen LogP contribution in [-0.2, 0) is 25.3 Å². The molecule has 0 atom stereocenters. The molecule has 1 aliphatic rings. The lowest BCUT2D eigenvalue weighted by Crippen LogP contribution is -2.04. The third kappa shape index (κ3) is 2.72. The van der Waals surface area contributed by atoms with Crippen LogP contribution in [0.5, 0.6) is 0 Å². The Bertz CT molecular complexity index is 625. The van der Waals surface area contributed by atoms with Crippen LogP contribution < -0.4 is 5.32 Å². The molecule has 20 heavy (non-hydrogen) atoms. The first kappa shape index (κ1) is 13.6. The second-order valence-corrected chi connectivity index (χ2v) is 6.04. The van der Waals surface area contributed by atoms with Gasteiger partial charge in [-0.1, -0.05) is 25.1 Å².